The zero-order chi connectivity index (χ0) is 13.9. The van der Waals surface area contributed by atoms with Gasteiger partial charge in [0.2, 0.25) is 0 Å². The van der Waals surface area contributed by atoms with Crippen LogP contribution in [0.1, 0.15) is 18.4 Å². The fourth-order valence-electron chi connectivity index (χ4n) is 1.91. The topological polar surface area (TPSA) is 34.1 Å². The van der Waals surface area contributed by atoms with Crippen LogP contribution in [-0.2, 0) is 6.54 Å². The molecule has 3 rings (SSSR count). The van der Waals surface area contributed by atoms with Gasteiger partial charge < -0.3 is 10.1 Å². The number of nitrogens with one attached hydrogen (secondary N) is 1. The Hall–Kier alpha value is -1.65. The average Bonchev–Trinajstić information content (AvgIpc) is 3.24. The van der Waals surface area contributed by atoms with Gasteiger partial charge in [0.05, 0.1) is 11.2 Å². The summed E-state index contributed by atoms with van der Waals surface area (Å²) in [6.07, 6.45) is 5.38. The van der Waals surface area contributed by atoms with E-state index in [1.165, 1.54) is 31.3 Å². The van der Waals surface area contributed by atoms with E-state index in [2.05, 4.69) is 10.3 Å². The largest absolute Gasteiger partial charge is 0.452 e. The predicted molar refractivity (Wildman–Crippen MR) is 75.6 cm³/mol. The molecule has 0 radical (unpaired) electrons. The van der Waals surface area contributed by atoms with Crippen LogP contribution in [-0.4, -0.2) is 11.0 Å². The molecular weight excluding hydrogens is 279 g/mol. The van der Waals surface area contributed by atoms with Gasteiger partial charge in [0, 0.05) is 30.4 Å². The van der Waals surface area contributed by atoms with Gasteiger partial charge in [-0.15, -0.1) is 0 Å². The maximum absolute atomic E-state index is 14.0. The van der Waals surface area contributed by atoms with Crippen LogP contribution in [0.2, 0.25) is 5.02 Å². The van der Waals surface area contributed by atoms with Crippen LogP contribution in [0.5, 0.6) is 11.5 Å². The zero-order valence-electron chi connectivity index (χ0n) is 10.8. The average molecular weight is 293 g/mol. The van der Waals surface area contributed by atoms with E-state index in [-0.39, 0.29) is 11.6 Å². The minimum absolute atomic E-state index is 0.227. The minimum atomic E-state index is -0.389. The Morgan fingerprint density at radius 3 is 2.95 bits per heavy atom. The van der Waals surface area contributed by atoms with Crippen molar-refractivity contribution < 1.29 is 9.13 Å². The summed E-state index contributed by atoms with van der Waals surface area (Å²) in [6.45, 7) is 0.589. The fraction of sp³-hybridized carbons (Fsp3) is 0.267. The zero-order valence-corrected chi connectivity index (χ0v) is 11.5. The highest BCUT2D eigenvalue weighted by Crippen LogP contribution is 2.30. The molecule has 0 unspecified atom stereocenters. The third-order valence-corrected chi connectivity index (χ3v) is 3.31. The predicted octanol–water partition coefficient (Wildman–Crippen LogP) is 3.92. The maximum Gasteiger partial charge on any atom is 0.167 e. The summed E-state index contributed by atoms with van der Waals surface area (Å²) in [7, 11) is 0. The standard InChI is InChI=1S/C15H14ClFN2O/c16-11-6-13(9-18-8-11)20-15-10(2-1-3-14(15)17)7-19-12-4-5-12/h1-3,6,8-9,12,19H,4-5,7H2. The van der Waals surface area contributed by atoms with Gasteiger partial charge >= 0.3 is 0 Å². The maximum atomic E-state index is 14.0. The number of hydrogen-bond donors (Lipinski definition) is 1. The van der Waals surface area contributed by atoms with Crippen molar-refractivity contribution in [2.24, 2.45) is 0 Å². The number of pyridine rings is 1. The summed E-state index contributed by atoms with van der Waals surface area (Å²) in [6, 6.07) is 7.08. The van der Waals surface area contributed by atoms with Gasteiger partial charge in [-0.1, -0.05) is 23.7 Å². The number of para-hydroxylation sites is 1. The molecule has 1 aliphatic rings. The van der Waals surface area contributed by atoms with Crippen molar-refractivity contribution in [3.63, 3.8) is 0 Å². The summed E-state index contributed by atoms with van der Waals surface area (Å²) in [4.78, 5) is 3.93. The van der Waals surface area contributed by atoms with Crippen molar-refractivity contribution in [2.45, 2.75) is 25.4 Å². The number of ether oxygens (including phenoxy) is 1. The molecule has 0 saturated heterocycles. The Bertz CT molecular complexity index is 617. The smallest absolute Gasteiger partial charge is 0.167 e. The number of benzene rings is 1. The first-order valence-electron chi connectivity index (χ1n) is 6.51. The quantitative estimate of drug-likeness (QED) is 0.907. The normalized spacial score (nSPS) is 14.3. The van der Waals surface area contributed by atoms with E-state index in [9.17, 15) is 4.39 Å². The highest BCUT2D eigenvalue weighted by atomic mass is 35.5. The molecule has 0 spiro atoms. The highest BCUT2D eigenvalue weighted by Gasteiger charge is 2.21. The van der Waals surface area contributed by atoms with Crippen LogP contribution in [0.15, 0.2) is 36.7 Å². The summed E-state index contributed by atoms with van der Waals surface area (Å²) in [5.74, 6) is 0.264. The lowest BCUT2D eigenvalue weighted by Crippen LogP contribution is -2.16. The molecule has 1 fully saturated rings. The molecule has 20 heavy (non-hydrogen) atoms. The monoisotopic (exact) mass is 292 g/mol. The summed E-state index contributed by atoms with van der Waals surface area (Å²) in [5.41, 5.74) is 0.789. The molecule has 1 N–H and O–H groups in total. The highest BCUT2D eigenvalue weighted by molar-refractivity contribution is 6.30. The molecule has 1 aliphatic carbocycles. The van der Waals surface area contributed by atoms with Gasteiger partial charge in [0.15, 0.2) is 11.6 Å². The van der Waals surface area contributed by atoms with Gasteiger partial charge in [-0.2, -0.15) is 0 Å². The van der Waals surface area contributed by atoms with Gasteiger partial charge in [0.25, 0.3) is 0 Å². The van der Waals surface area contributed by atoms with Crippen LogP contribution in [0.25, 0.3) is 0 Å². The lowest BCUT2D eigenvalue weighted by atomic mass is 10.2. The first-order valence-corrected chi connectivity index (χ1v) is 6.89. The third kappa shape index (κ3) is 3.26. The Balaban J connectivity index is 1.82. The Morgan fingerprint density at radius 2 is 2.20 bits per heavy atom. The molecule has 1 heterocycles. The van der Waals surface area contributed by atoms with E-state index in [0.29, 0.717) is 23.4 Å². The molecule has 0 aliphatic heterocycles. The second-order valence-corrected chi connectivity index (χ2v) is 5.26. The minimum Gasteiger partial charge on any atom is -0.452 e. The Labute approximate surface area is 121 Å². The molecule has 2 aromatic rings. The van der Waals surface area contributed by atoms with E-state index in [0.717, 1.165) is 5.56 Å². The molecule has 0 amide bonds. The molecule has 1 aromatic carbocycles. The van der Waals surface area contributed by atoms with E-state index in [1.54, 1.807) is 12.1 Å². The Morgan fingerprint density at radius 1 is 1.35 bits per heavy atom. The van der Waals surface area contributed by atoms with Crippen LogP contribution in [0, 0.1) is 5.82 Å². The van der Waals surface area contributed by atoms with E-state index < -0.39 is 0 Å². The van der Waals surface area contributed by atoms with Gasteiger partial charge in [0.1, 0.15) is 5.75 Å². The van der Waals surface area contributed by atoms with Crippen LogP contribution >= 0.6 is 11.6 Å². The van der Waals surface area contributed by atoms with E-state index in [4.69, 9.17) is 16.3 Å². The third-order valence-electron chi connectivity index (χ3n) is 3.11. The SMILES string of the molecule is Fc1cccc(CNC2CC2)c1Oc1cncc(Cl)c1. The fourth-order valence-corrected chi connectivity index (χ4v) is 2.08. The molecule has 5 heteroatoms. The van der Waals surface area contributed by atoms with Crippen molar-refractivity contribution >= 4 is 11.6 Å². The van der Waals surface area contributed by atoms with E-state index >= 15 is 0 Å². The van der Waals surface area contributed by atoms with Crippen LogP contribution in [0.4, 0.5) is 4.39 Å². The molecule has 0 bridgehead atoms. The van der Waals surface area contributed by atoms with Crippen molar-refractivity contribution in [1.29, 1.82) is 0 Å². The number of halogens is 2. The van der Waals surface area contributed by atoms with Crippen molar-refractivity contribution in [2.75, 3.05) is 0 Å². The first-order chi connectivity index (χ1) is 9.72. The summed E-state index contributed by atoms with van der Waals surface area (Å²) < 4.78 is 19.6. The van der Waals surface area contributed by atoms with Crippen molar-refractivity contribution in [1.82, 2.24) is 10.3 Å². The van der Waals surface area contributed by atoms with Crippen LogP contribution < -0.4 is 10.1 Å². The lowest BCUT2D eigenvalue weighted by Gasteiger charge is -2.12. The molecule has 3 nitrogen and oxygen atoms in total. The van der Waals surface area contributed by atoms with Crippen LogP contribution in [0.3, 0.4) is 0 Å². The summed E-state index contributed by atoms with van der Waals surface area (Å²) >= 11 is 5.85. The second kappa shape index (κ2) is 5.77. The number of nitrogens with zero attached hydrogens (tertiary/aromatic N) is 1. The molecule has 1 saturated carbocycles. The molecule has 1 aromatic heterocycles. The second-order valence-electron chi connectivity index (χ2n) is 4.82. The molecule has 104 valence electrons. The van der Waals surface area contributed by atoms with Crippen molar-refractivity contribution in [3.05, 3.63) is 53.1 Å². The van der Waals surface area contributed by atoms with Crippen molar-refractivity contribution in [3.8, 4) is 11.5 Å². The Kier molecular flexibility index (Phi) is 3.85. The first kappa shape index (κ1) is 13.3. The van der Waals surface area contributed by atoms with E-state index in [1.807, 2.05) is 6.07 Å². The van der Waals surface area contributed by atoms with Gasteiger partial charge in [-0.25, -0.2) is 4.39 Å². The number of rotatable bonds is 5. The lowest BCUT2D eigenvalue weighted by molar-refractivity contribution is 0.432. The number of hydrogen-bond acceptors (Lipinski definition) is 3. The summed E-state index contributed by atoms with van der Waals surface area (Å²) in [5, 5.41) is 3.80. The molecule has 0 atom stereocenters. The van der Waals surface area contributed by atoms with Gasteiger partial charge in [-0.05, 0) is 18.9 Å². The number of aromatic nitrogens is 1. The van der Waals surface area contributed by atoms with Gasteiger partial charge in [-0.3, -0.25) is 4.98 Å². The molecular formula is C15H14ClFN2O.